The molecule has 0 aliphatic carbocycles. The third-order valence-corrected chi connectivity index (χ3v) is 5.59. The molecule has 1 aromatic heterocycles. The molecule has 2 aromatic carbocycles. The lowest BCUT2D eigenvalue weighted by atomic mass is 10.1. The summed E-state index contributed by atoms with van der Waals surface area (Å²) in [7, 11) is 0. The van der Waals surface area contributed by atoms with Crippen molar-refractivity contribution in [3.63, 3.8) is 0 Å². The second-order valence-electron chi connectivity index (χ2n) is 7.50. The van der Waals surface area contributed by atoms with Gasteiger partial charge in [0.15, 0.2) is 0 Å². The minimum absolute atomic E-state index is 0.703. The molecule has 1 fully saturated rings. The molecule has 3 aromatic rings. The van der Waals surface area contributed by atoms with E-state index in [1.54, 1.807) is 0 Å². The predicted octanol–water partition coefficient (Wildman–Crippen LogP) is 4.03. The van der Waals surface area contributed by atoms with Gasteiger partial charge in [-0.05, 0) is 54.4 Å². The van der Waals surface area contributed by atoms with E-state index in [2.05, 4.69) is 39.2 Å². The number of aromatic nitrogens is 2. The van der Waals surface area contributed by atoms with Crippen molar-refractivity contribution in [2.45, 2.75) is 13.5 Å². The van der Waals surface area contributed by atoms with Crippen LogP contribution in [0, 0.1) is 6.92 Å². The van der Waals surface area contributed by atoms with E-state index in [-0.39, 0.29) is 0 Å². The van der Waals surface area contributed by atoms with Crippen LogP contribution in [-0.4, -0.2) is 58.9 Å². The van der Waals surface area contributed by atoms with Crippen LogP contribution >= 0.6 is 11.6 Å². The summed E-state index contributed by atoms with van der Waals surface area (Å²) in [6.07, 6.45) is 3.79. The predicted molar refractivity (Wildman–Crippen MR) is 117 cm³/mol. The van der Waals surface area contributed by atoms with Gasteiger partial charge in [0.2, 0.25) is 0 Å². The summed E-state index contributed by atoms with van der Waals surface area (Å²) in [6, 6.07) is 16.3. The molecule has 0 bridgehead atoms. The first-order chi connectivity index (χ1) is 14.2. The van der Waals surface area contributed by atoms with Crippen molar-refractivity contribution < 1.29 is 4.74 Å². The number of aryl methyl sites for hydroxylation is 1. The Morgan fingerprint density at radius 2 is 1.83 bits per heavy atom. The van der Waals surface area contributed by atoms with E-state index in [1.165, 1.54) is 5.56 Å². The van der Waals surface area contributed by atoms with Gasteiger partial charge in [-0.1, -0.05) is 23.7 Å². The monoisotopic (exact) mass is 410 g/mol. The Kier molecular flexibility index (Phi) is 6.49. The molecule has 0 amide bonds. The van der Waals surface area contributed by atoms with E-state index < -0.39 is 0 Å². The van der Waals surface area contributed by atoms with Gasteiger partial charge in [0, 0.05) is 56.7 Å². The summed E-state index contributed by atoms with van der Waals surface area (Å²) >= 11 is 6.01. The van der Waals surface area contributed by atoms with Crippen molar-refractivity contribution in [2.75, 3.05) is 39.3 Å². The number of hydrogen-bond donors (Lipinski definition) is 0. The highest BCUT2D eigenvalue weighted by Crippen LogP contribution is 2.21. The number of hydrogen-bond acceptors (Lipinski definition) is 4. The van der Waals surface area contributed by atoms with Crippen molar-refractivity contribution >= 4 is 11.6 Å². The Bertz CT molecular complexity index is 920. The second-order valence-corrected chi connectivity index (χ2v) is 7.93. The van der Waals surface area contributed by atoms with Crippen LogP contribution in [0.5, 0.6) is 5.75 Å². The van der Waals surface area contributed by atoms with Crippen molar-refractivity contribution in [1.29, 1.82) is 0 Å². The Labute approximate surface area is 177 Å². The van der Waals surface area contributed by atoms with Crippen LogP contribution in [-0.2, 0) is 6.54 Å². The van der Waals surface area contributed by atoms with Crippen LogP contribution in [0.4, 0.5) is 0 Å². The number of benzene rings is 2. The molecule has 0 N–H and O–H groups in total. The average molecular weight is 411 g/mol. The van der Waals surface area contributed by atoms with E-state index in [4.69, 9.17) is 16.3 Å². The molecule has 0 unspecified atom stereocenters. The molecule has 1 saturated heterocycles. The number of rotatable bonds is 7. The molecule has 0 spiro atoms. The summed E-state index contributed by atoms with van der Waals surface area (Å²) in [4.78, 5) is 4.99. The van der Waals surface area contributed by atoms with Gasteiger partial charge in [-0.25, -0.2) is 4.68 Å². The summed E-state index contributed by atoms with van der Waals surface area (Å²) in [5, 5.41) is 5.07. The number of ether oxygens (including phenoxy) is 1. The summed E-state index contributed by atoms with van der Waals surface area (Å²) < 4.78 is 7.85. The highest BCUT2D eigenvalue weighted by molar-refractivity contribution is 6.30. The van der Waals surface area contributed by atoms with Crippen molar-refractivity contribution in [1.82, 2.24) is 19.6 Å². The fourth-order valence-electron chi connectivity index (χ4n) is 3.71. The summed E-state index contributed by atoms with van der Waals surface area (Å²) in [6.45, 7) is 8.95. The van der Waals surface area contributed by atoms with Gasteiger partial charge in [-0.15, -0.1) is 0 Å². The molecule has 0 atom stereocenters. The van der Waals surface area contributed by atoms with Crippen LogP contribution in [0.1, 0.15) is 11.1 Å². The minimum Gasteiger partial charge on any atom is -0.492 e. The van der Waals surface area contributed by atoms with Gasteiger partial charge in [0.1, 0.15) is 12.4 Å². The van der Waals surface area contributed by atoms with E-state index in [1.807, 2.05) is 48.3 Å². The molecule has 6 heteroatoms. The molecule has 5 nitrogen and oxygen atoms in total. The van der Waals surface area contributed by atoms with Gasteiger partial charge in [0.05, 0.1) is 5.69 Å². The van der Waals surface area contributed by atoms with Gasteiger partial charge < -0.3 is 4.74 Å². The zero-order chi connectivity index (χ0) is 20.1. The molecule has 2 heterocycles. The SMILES string of the molecule is Cc1cc(Cl)ccc1OCCN1CCN(Cc2cccc(-n3cccn3)c2)CC1. The first kappa shape index (κ1) is 20.0. The molecule has 1 aliphatic heterocycles. The second kappa shape index (κ2) is 9.44. The smallest absolute Gasteiger partial charge is 0.122 e. The van der Waals surface area contributed by atoms with E-state index >= 15 is 0 Å². The molecule has 152 valence electrons. The Morgan fingerprint density at radius 1 is 1.00 bits per heavy atom. The summed E-state index contributed by atoms with van der Waals surface area (Å²) in [5.74, 6) is 0.921. The maximum Gasteiger partial charge on any atom is 0.122 e. The lowest BCUT2D eigenvalue weighted by Crippen LogP contribution is -2.47. The molecule has 1 aliphatic rings. The minimum atomic E-state index is 0.703. The van der Waals surface area contributed by atoms with Crippen molar-refractivity contribution in [2.24, 2.45) is 0 Å². The lowest BCUT2D eigenvalue weighted by Gasteiger charge is -2.34. The van der Waals surface area contributed by atoms with Crippen LogP contribution < -0.4 is 4.74 Å². The molecular weight excluding hydrogens is 384 g/mol. The quantitative estimate of drug-likeness (QED) is 0.588. The average Bonchev–Trinajstić information content (AvgIpc) is 3.26. The lowest BCUT2D eigenvalue weighted by molar-refractivity contribution is 0.112. The Balaban J connectivity index is 1.22. The first-order valence-corrected chi connectivity index (χ1v) is 10.5. The number of nitrogens with zero attached hydrogens (tertiary/aromatic N) is 4. The van der Waals surface area contributed by atoms with Crippen LogP contribution in [0.15, 0.2) is 60.9 Å². The maximum atomic E-state index is 6.01. The zero-order valence-electron chi connectivity index (χ0n) is 16.8. The third kappa shape index (κ3) is 5.38. The molecule has 4 rings (SSSR count). The maximum absolute atomic E-state index is 6.01. The summed E-state index contributed by atoms with van der Waals surface area (Å²) in [5.41, 5.74) is 3.52. The third-order valence-electron chi connectivity index (χ3n) is 5.35. The Hall–Kier alpha value is -2.34. The largest absolute Gasteiger partial charge is 0.492 e. The van der Waals surface area contributed by atoms with E-state index in [9.17, 15) is 0 Å². The molecule has 0 saturated carbocycles. The molecule has 29 heavy (non-hydrogen) atoms. The molecular formula is C23H27ClN4O. The van der Waals surface area contributed by atoms with Crippen LogP contribution in [0.2, 0.25) is 5.02 Å². The fraction of sp³-hybridized carbons (Fsp3) is 0.348. The highest BCUT2D eigenvalue weighted by atomic mass is 35.5. The first-order valence-electron chi connectivity index (χ1n) is 10.1. The highest BCUT2D eigenvalue weighted by Gasteiger charge is 2.17. The standard InChI is InChI=1S/C23H27ClN4O/c1-19-16-21(24)6-7-23(19)29-15-14-26-10-12-27(13-11-26)18-20-4-2-5-22(17-20)28-9-3-8-25-28/h2-9,16-17H,10-15,18H2,1H3. The molecule has 0 radical (unpaired) electrons. The fourth-order valence-corrected chi connectivity index (χ4v) is 3.93. The van der Waals surface area contributed by atoms with Gasteiger partial charge in [0.25, 0.3) is 0 Å². The number of piperazine rings is 1. The van der Waals surface area contributed by atoms with E-state index in [0.717, 1.165) is 61.3 Å². The van der Waals surface area contributed by atoms with E-state index in [0.29, 0.717) is 6.61 Å². The van der Waals surface area contributed by atoms with Crippen molar-refractivity contribution in [3.8, 4) is 11.4 Å². The van der Waals surface area contributed by atoms with Gasteiger partial charge >= 0.3 is 0 Å². The number of halogens is 1. The topological polar surface area (TPSA) is 33.5 Å². The Morgan fingerprint density at radius 3 is 2.59 bits per heavy atom. The van der Waals surface area contributed by atoms with Crippen molar-refractivity contribution in [3.05, 3.63) is 77.1 Å². The van der Waals surface area contributed by atoms with Crippen LogP contribution in [0.3, 0.4) is 0 Å². The zero-order valence-corrected chi connectivity index (χ0v) is 17.6. The van der Waals surface area contributed by atoms with Crippen LogP contribution in [0.25, 0.3) is 5.69 Å². The normalized spacial score (nSPS) is 15.5. The van der Waals surface area contributed by atoms with Gasteiger partial charge in [-0.3, -0.25) is 9.80 Å². The van der Waals surface area contributed by atoms with Gasteiger partial charge in [-0.2, -0.15) is 5.10 Å².